The Kier molecular flexibility index (Phi) is 5.80. The molecule has 142 valence electrons. The molecule has 0 spiro atoms. The molecule has 0 unspecified atom stereocenters. The lowest BCUT2D eigenvalue weighted by Gasteiger charge is -2.33. The summed E-state index contributed by atoms with van der Waals surface area (Å²) in [6, 6.07) is 5.89. The van der Waals surface area contributed by atoms with E-state index >= 15 is 0 Å². The molecular weight excluding hydrogens is 353 g/mol. The fourth-order valence-electron chi connectivity index (χ4n) is 3.43. The standard InChI is InChI=1S/C18H26N3O4P/c1-13(2)25-16-5-3-4-15-17(16)19-12-20-18(15)21-9-6-14(7-10-21)8-11-26(22,23)24/h3-5,12-14H,6-11H2,1-2H3,(H2,22,23,24). The smallest absolute Gasteiger partial charge is 0.325 e. The quantitative estimate of drug-likeness (QED) is 0.744. The second-order valence-electron chi connectivity index (χ2n) is 7.12. The van der Waals surface area contributed by atoms with Gasteiger partial charge in [0.2, 0.25) is 0 Å². The highest BCUT2D eigenvalue weighted by Gasteiger charge is 2.24. The first-order valence-corrected chi connectivity index (χ1v) is 10.8. The summed E-state index contributed by atoms with van der Waals surface area (Å²) in [6.45, 7) is 5.63. The number of hydrogen-bond donors (Lipinski definition) is 2. The summed E-state index contributed by atoms with van der Waals surface area (Å²) in [6.07, 6.45) is 4.02. The van der Waals surface area contributed by atoms with Crippen molar-refractivity contribution in [2.45, 2.75) is 39.2 Å². The van der Waals surface area contributed by atoms with Gasteiger partial charge in [-0.15, -0.1) is 0 Å². The highest BCUT2D eigenvalue weighted by Crippen LogP contribution is 2.38. The van der Waals surface area contributed by atoms with Gasteiger partial charge >= 0.3 is 7.60 Å². The number of fused-ring (bicyclic) bond motifs is 1. The van der Waals surface area contributed by atoms with Crippen LogP contribution >= 0.6 is 7.60 Å². The first kappa shape index (κ1) is 19.1. The van der Waals surface area contributed by atoms with Crippen LogP contribution in [0.3, 0.4) is 0 Å². The van der Waals surface area contributed by atoms with Crippen molar-refractivity contribution in [3.63, 3.8) is 0 Å². The summed E-state index contributed by atoms with van der Waals surface area (Å²) in [5, 5.41) is 0.972. The zero-order valence-electron chi connectivity index (χ0n) is 15.2. The van der Waals surface area contributed by atoms with Crippen LogP contribution in [-0.2, 0) is 4.57 Å². The van der Waals surface area contributed by atoms with Crippen LogP contribution in [0.5, 0.6) is 5.75 Å². The Morgan fingerprint density at radius 3 is 2.65 bits per heavy atom. The van der Waals surface area contributed by atoms with Gasteiger partial charge in [-0.1, -0.05) is 6.07 Å². The lowest BCUT2D eigenvalue weighted by Crippen LogP contribution is -2.34. The van der Waals surface area contributed by atoms with Gasteiger partial charge in [-0.3, -0.25) is 4.57 Å². The SMILES string of the molecule is CC(C)Oc1cccc2c(N3CCC(CCP(=O)(O)O)CC3)ncnc12. The Morgan fingerprint density at radius 2 is 2.00 bits per heavy atom. The highest BCUT2D eigenvalue weighted by molar-refractivity contribution is 7.51. The maximum absolute atomic E-state index is 11.1. The maximum atomic E-state index is 11.1. The van der Waals surface area contributed by atoms with E-state index in [0.717, 1.165) is 48.4 Å². The number of aromatic nitrogens is 2. The van der Waals surface area contributed by atoms with Crippen LogP contribution in [0.1, 0.15) is 33.1 Å². The number of hydrogen-bond acceptors (Lipinski definition) is 5. The Balaban J connectivity index is 1.74. The third kappa shape index (κ3) is 4.72. The number of piperidine rings is 1. The molecule has 26 heavy (non-hydrogen) atoms. The molecular formula is C18H26N3O4P. The molecule has 1 saturated heterocycles. The average Bonchev–Trinajstić information content (AvgIpc) is 2.59. The average molecular weight is 379 g/mol. The Morgan fingerprint density at radius 1 is 1.27 bits per heavy atom. The minimum Gasteiger partial charge on any atom is -0.489 e. The zero-order chi connectivity index (χ0) is 18.7. The lowest BCUT2D eigenvalue weighted by molar-refractivity contribution is 0.245. The third-order valence-corrected chi connectivity index (χ3v) is 5.55. The van der Waals surface area contributed by atoms with Crippen LogP contribution in [0.2, 0.25) is 0 Å². The molecule has 0 atom stereocenters. The van der Waals surface area contributed by atoms with Crippen LogP contribution in [0, 0.1) is 5.92 Å². The van der Waals surface area contributed by atoms with Gasteiger partial charge in [0.1, 0.15) is 23.4 Å². The topological polar surface area (TPSA) is 95.8 Å². The minimum absolute atomic E-state index is 0.0238. The summed E-state index contributed by atoms with van der Waals surface area (Å²) < 4.78 is 16.9. The molecule has 2 heterocycles. The molecule has 2 aromatic rings. The maximum Gasteiger partial charge on any atom is 0.325 e. The first-order valence-electron chi connectivity index (χ1n) is 9.03. The number of ether oxygens (including phenoxy) is 1. The van der Waals surface area contributed by atoms with Crippen molar-refractivity contribution >= 4 is 24.3 Å². The van der Waals surface area contributed by atoms with E-state index in [9.17, 15) is 4.57 Å². The van der Waals surface area contributed by atoms with Crippen LogP contribution in [-0.4, -0.2) is 45.1 Å². The molecule has 0 aliphatic carbocycles. The third-order valence-electron chi connectivity index (χ3n) is 4.71. The number of nitrogens with zero attached hydrogens (tertiary/aromatic N) is 3. The van der Waals surface area contributed by atoms with E-state index < -0.39 is 7.60 Å². The highest BCUT2D eigenvalue weighted by atomic mass is 31.2. The van der Waals surface area contributed by atoms with Gasteiger partial charge in [0.05, 0.1) is 12.3 Å². The summed E-state index contributed by atoms with van der Waals surface area (Å²) in [5.41, 5.74) is 0.815. The van der Waals surface area contributed by atoms with E-state index in [1.807, 2.05) is 32.0 Å². The Hall–Kier alpha value is -1.69. The largest absolute Gasteiger partial charge is 0.489 e. The van der Waals surface area contributed by atoms with Gasteiger partial charge in [-0.2, -0.15) is 0 Å². The molecule has 1 aliphatic heterocycles. The van der Waals surface area contributed by atoms with Crippen LogP contribution in [0.15, 0.2) is 24.5 Å². The molecule has 8 heteroatoms. The van der Waals surface area contributed by atoms with Gasteiger partial charge < -0.3 is 19.4 Å². The number of benzene rings is 1. The van der Waals surface area contributed by atoms with Gasteiger partial charge in [-0.05, 0) is 51.2 Å². The van der Waals surface area contributed by atoms with Crippen molar-refractivity contribution in [1.29, 1.82) is 0 Å². The van der Waals surface area contributed by atoms with Crippen molar-refractivity contribution in [2.24, 2.45) is 5.92 Å². The summed E-state index contributed by atoms with van der Waals surface area (Å²) in [7, 11) is -3.90. The first-order chi connectivity index (χ1) is 12.3. The molecule has 1 aromatic carbocycles. The molecule has 0 saturated carbocycles. The number of rotatable bonds is 6. The molecule has 1 fully saturated rings. The van der Waals surface area contributed by atoms with E-state index in [0.29, 0.717) is 12.3 Å². The van der Waals surface area contributed by atoms with Crippen molar-refractivity contribution in [2.75, 3.05) is 24.2 Å². The normalized spacial score (nSPS) is 16.4. The van der Waals surface area contributed by atoms with Crippen LogP contribution in [0.4, 0.5) is 5.82 Å². The fraction of sp³-hybridized carbons (Fsp3) is 0.556. The van der Waals surface area contributed by atoms with E-state index in [1.165, 1.54) is 0 Å². The summed E-state index contributed by atoms with van der Waals surface area (Å²) >= 11 is 0. The fourth-order valence-corrected chi connectivity index (χ4v) is 4.13. The second-order valence-corrected chi connectivity index (χ2v) is 8.90. The summed E-state index contributed by atoms with van der Waals surface area (Å²) in [5.74, 6) is 2.02. The van der Waals surface area contributed by atoms with Gasteiger partial charge in [0, 0.05) is 18.5 Å². The molecule has 0 amide bonds. The predicted octanol–water partition coefficient (Wildman–Crippen LogP) is 3.20. The molecule has 0 bridgehead atoms. The number of anilines is 1. The molecule has 1 aliphatic rings. The van der Waals surface area contributed by atoms with Crippen molar-refractivity contribution in [3.05, 3.63) is 24.5 Å². The van der Waals surface area contributed by atoms with E-state index in [4.69, 9.17) is 14.5 Å². The molecule has 3 rings (SSSR count). The minimum atomic E-state index is -3.90. The van der Waals surface area contributed by atoms with E-state index in [-0.39, 0.29) is 12.3 Å². The lowest BCUT2D eigenvalue weighted by atomic mass is 9.94. The van der Waals surface area contributed by atoms with Crippen molar-refractivity contribution in [1.82, 2.24) is 9.97 Å². The predicted molar refractivity (Wildman–Crippen MR) is 102 cm³/mol. The Labute approximate surface area is 153 Å². The molecule has 2 N–H and O–H groups in total. The molecule has 7 nitrogen and oxygen atoms in total. The summed E-state index contributed by atoms with van der Waals surface area (Å²) in [4.78, 5) is 29.3. The van der Waals surface area contributed by atoms with Gasteiger partial charge in [0.25, 0.3) is 0 Å². The van der Waals surface area contributed by atoms with Gasteiger partial charge in [-0.25, -0.2) is 9.97 Å². The van der Waals surface area contributed by atoms with E-state index in [2.05, 4.69) is 14.9 Å². The van der Waals surface area contributed by atoms with Crippen LogP contribution in [0.25, 0.3) is 10.9 Å². The van der Waals surface area contributed by atoms with E-state index in [1.54, 1.807) is 6.33 Å². The second kappa shape index (κ2) is 7.91. The molecule has 1 aromatic heterocycles. The van der Waals surface area contributed by atoms with Crippen molar-refractivity contribution < 1.29 is 19.1 Å². The van der Waals surface area contributed by atoms with Crippen molar-refractivity contribution in [3.8, 4) is 5.75 Å². The Bertz CT molecular complexity index is 800. The monoisotopic (exact) mass is 379 g/mol. The molecule has 0 radical (unpaired) electrons. The van der Waals surface area contributed by atoms with Crippen LogP contribution < -0.4 is 9.64 Å². The zero-order valence-corrected chi connectivity index (χ0v) is 16.1. The number of para-hydroxylation sites is 1. The van der Waals surface area contributed by atoms with Gasteiger partial charge in [0.15, 0.2) is 0 Å².